The molecule has 0 aliphatic carbocycles. The van der Waals surface area contributed by atoms with E-state index in [1.165, 1.54) is 6.08 Å². The van der Waals surface area contributed by atoms with Crippen molar-refractivity contribution in [2.75, 3.05) is 13.1 Å². The summed E-state index contributed by atoms with van der Waals surface area (Å²) in [6, 6.07) is 0. The molecule has 0 aliphatic heterocycles. The number of hydrogen-bond acceptors (Lipinski definition) is 1. The summed E-state index contributed by atoms with van der Waals surface area (Å²) in [6.45, 7) is 3.78. The summed E-state index contributed by atoms with van der Waals surface area (Å²) in [6.07, 6.45) is 5.38. The van der Waals surface area contributed by atoms with Crippen LogP contribution in [0.2, 0.25) is 0 Å². The van der Waals surface area contributed by atoms with Gasteiger partial charge in [-0.05, 0) is 0 Å². The molecule has 1 amide bonds. The van der Waals surface area contributed by atoms with Crippen molar-refractivity contribution in [3.8, 4) is 12.3 Å². The highest BCUT2D eigenvalue weighted by Gasteiger charge is 2.05. The molecule has 0 aliphatic rings. The average molecular weight is 139 g/mol. The van der Waals surface area contributed by atoms with E-state index in [9.17, 15) is 4.79 Å². The molecule has 0 aromatic heterocycles. The number of amides is 1. The minimum Gasteiger partial charge on any atom is -0.465 e. The Hall–Kier alpha value is -1.43. The zero-order valence-corrected chi connectivity index (χ0v) is 5.58. The van der Waals surface area contributed by atoms with Crippen molar-refractivity contribution in [1.82, 2.24) is 4.90 Å². The first-order valence-electron chi connectivity index (χ1n) is 2.74. The Labute approximate surface area is 60.0 Å². The van der Waals surface area contributed by atoms with Gasteiger partial charge in [-0.3, -0.25) is 4.90 Å². The van der Waals surface area contributed by atoms with Gasteiger partial charge in [-0.25, -0.2) is 4.79 Å². The van der Waals surface area contributed by atoms with Gasteiger partial charge >= 0.3 is 6.09 Å². The van der Waals surface area contributed by atoms with Gasteiger partial charge in [0.15, 0.2) is 0 Å². The fourth-order valence-corrected chi connectivity index (χ4v) is 0.476. The Morgan fingerprint density at radius 3 is 2.80 bits per heavy atom. The number of rotatable bonds is 3. The van der Waals surface area contributed by atoms with Crippen LogP contribution in [-0.4, -0.2) is 29.2 Å². The van der Waals surface area contributed by atoms with E-state index in [0.717, 1.165) is 4.90 Å². The molecule has 0 saturated heterocycles. The van der Waals surface area contributed by atoms with Crippen molar-refractivity contribution in [2.24, 2.45) is 0 Å². The van der Waals surface area contributed by atoms with E-state index in [-0.39, 0.29) is 13.1 Å². The molecule has 54 valence electrons. The van der Waals surface area contributed by atoms with Crippen molar-refractivity contribution in [3.05, 3.63) is 12.7 Å². The van der Waals surface area contributed by atoms with Gasteiger partial charge in [-0.15, -0.1) is 13.0 Å². The van der Waals surface area contributed by atoms with Crippen LogP contribution in [0.5, 0.6) is 0 Å². The monoisotopic (exact) mass is 139 g/mol. The van der Waals surface area contributed by atoms with Crippen LogP contribution in [0.25, 0.3) is 0 Å². The highest BCUT2D eigenvalue weighted by Crippen LogP contribution is 1.87. The first-order valence-corrected chi connectivity index (χ1v) is 2.74. The van der Waals surface area contributed by atoms with Crippen LogP contribution < -0.4 is 0 Å². The molecule has 0 aromatic rings. The minimum atomic E-state index is -1.02. The van der Waals surface area contributed by atoms with Gasteiger partial charge in [0.1, 0.15) is 0 Å². The Kier molecular flexibility index (Phi) is 3.81. The molecule has 3 heteroatoms. The Morgan fingerprint density at radius 2 is 2.50 bits per heavy atom. The zero-order chi connectivity index (χ0) is 7.98. The maximum atomic E-state index is 10.3. The third kappa shape index (κ3) is 2.78. The van der Waals surface area contributed by atoms with Crippen LogP contribution >= 0.6 is 0 Å². The second kappa shape index (κ2) is 4.45. The lowest BCUT2D eigenvalue weighted by Crippen LogP contribution is -2.29. The van der Waals surface area contributed by atoms with Crippen LogP contribution in [0.3, 0.4) is 0 Å². The summed E-state index contributed by atoms with van der Waals surface area (Å²) in [5.41, 5.74) is 0. The van der Waals surface area contributed by atoms with Gasteiger partial charge in [-0.1, -0.05) is 12.0 Å². The fraction of sp³-hybridized carbons (Fsp3) is 0.286. The second-order valence-electron chi connectivity index (χ2n) is 1.66. The third-order valence-electron chi connectivity index (χ3n) is 0.902. The van der Waals surface area contributed by atoms with Crippen LogP contribution in [0.1, 0.15) is 0 Å². The Balaban J connectivity index is 3.86. The number of terminal acetylenes is 1. The van der Waals surface area contributed by atoms with E-state index < -0.39 is 6.09 Å². The molecule has 0 unspecified atom stereocenters. The van der Waals surface area contributed by atoms with Crippen LogP contribution in [-0.2, 0) is 0 Å². The van der Waals surface area contributed by atoms with Crippen molar-refractivity contribution in [3.63, 3.8) is 0 Å². The largest absolute Gasteiger partial charge is 0.465 e. The maximum absolute atomic E-state index is 10.3. The van der Waals surface area contributed by atoms with Crippen molar-refractivity contribution in [2.45, 2.75) is 0 Å². The highest BCUT2D eigenvalue weighted by molar-refractivity contribution is 5.65. The van der Waals surface area contributed by atoms with Crippen molar-refractivity contribution < 1.29 is 9.90 Å². The fourth-order valence-electron chi connectivity index (χ4n) is 0.476. The first-order chi connectivity index (χ1) is 4.72. The molecule has 0 bridgehead atoms. The molecule has 1 N–H and O–H groups in total. The van der Waals surface area contributed by atoms with Crippen LogP contribution in [0.15, 0.2) is 12.7 Å². The topological polar surface area (TPSA) is 40.5 Å². The van der Waals surface area contributed by atoms with Crippen LogP contribution in [0.4, 0.5) is 4.79 Å². The molecule has 10 heavy (non-hydrogen) atoms. The molecule has 0 atom stereocenters. The van der Waals surface area contributed by atoms with E-state index in [4.69, 9.17) is 11.5 Å². The number of carboxylic acid groups (broad SMARTS) is 1. The van der Waals surface area contributed by atoms with Gasteiger partial charge < -0.3 is 5.11 Å². The first kappa shape index (κ1) is 8.57. The predicted octanol–water partition coefficient (Wildman–Crippen LogP) is 0.786. The minimum absolute atomic E-state index is 0.112. The standard InChI is InChI=1S/C7H9NO2/c1-3-5-8(6-4-2)7(9)10/h1,4H,2,5-6H2,(H,9,10). The number of hydrogen-bond donors (Lipinski definition) is 1. The maximum Gasteiger partial charge on any atom is 0.408 e. The third-order valence-corrected chi connectivity index (χ3v) is 0.902. The molecular weight excluding hydrogens is 130 g/mol. The summed E-state index contributed by atoms with van der Waals surface area (Å²) in [7, 11) is 0. The lowest BCUT2D eigenvalue weighted by Gasteiger charge is -2.12. The van der Waals surface area contributed by atoms with Gasteiger partial charge in [0.2, 0.25) is 0 Å². The molecule has 0 aromatic carbocycles. The van der Waals surface area contributed by atoms with Gasteiger partial charge in [0, 0.05) is 6.54 Å². The van der Waals surface area contributed by atoms with E-state index >= 15 is 0 Å². The van der Waals surface area contributed by atoms with Crippen molar-refractivity contribution in [1.29, 1.82) is 0 Å². The summed E-state index contributed by atoms with van der Waals surface area (Å²) >= 11 is 0. The Bertz CT molecular complexity index is 169. The van der Waals surface area contributed by atoms with E-state index in [1.807, 2.05) is 0 Å². The Morgan fingerprint density at radius 1 is 1.90 bits per heavy atom. The average Bonchev–Trinajstić information content (AvgIpc) is 1.87. The lowest BCUT2D eigenvalue weighted by atomic mass is 10.5. The highest BCUT2D eigenvalue weighted by atomic mass is 16.4. The van der Waals surface area contributed by atoms with Crippen LogP contribution in [0, 0.1) is 12.3 Å². The smallest absolute Gasteiger partial charge is 0.408 e. The lowest BCUT2D eigenvalue weighted by molar-refractivity contribution is 0.156. The summed E-state index contributed by atoms with van der Waals surface area (Å²) in [5.74, 6) is 2.23. The zero-order valence-electron chi connectivity index (χ0n) is 5.58. The molecule has 0 rings (SSSR count). The van der Waals surface area contributed by atoms with E-state index in [1.54, 1.807) is 0 Å². The predicted molar refractivity (Wildman–Crippen MR) is 38.6 cm³/mol. The van der Waals surface area contributed by atoms with Crippen molar-refractivity contribution >= 4 is 6.09 Å². The van der Waals surface area contributed by atoms with Gasteiger partial charge in [0.25, 0.3) is 0 Å². The molecule has 0 radical (unpaired) electrons. The van der Waals surface area contributed by atoms with E-state index in [0.29, 0.717) is 0 Å². The van der Waals surface area contributed by atoms with Gasteiger partial charge in [-0.2, -0.15) is 0 Å². The number of carbonyl (C=O) groups is 1. The summed E-state index contributed by atoms with van der Waals surface area (Å²) in [5, 5.41) is 8.42. The second-order valence-corrected chi connectivity index (χ2v) is 1.66. The summed E-state index contributed by atoms with van der Waals surface area (Å²) in [4.78, 5) is 11.4. The molecule has 0 heterocycles. The quantitative estimate of drug-likeness (QED) is 0.463. The molecular formula is C7H9NO2. The van der Waals surface area contributed by atoms with Gasteiger partial charge in [0.05, 0.1) is 6.54 Å². The molecule has 0 fully saturated rings. The SMILES string of the molecule is C#CCN(CC=C)C(=O)O. The molecule has 3 nitrogen and oxygen atoms in total. The summed E-state index contributed by atoms with van der Waals surface area (Å²) < 4.78 is 0. The van der Waals surface area contributed by atoms with E-state index in [2.05, 4.69) is 12.5 Å². The molecule has 0 spiro atoms. The number of nitrogens with zero attached hydrogens (tertiary/aromatic N) is 1. The normalized spacial score (nSPS) is 7.90. The molecule has 0 saturated carbocycles.